The van der Waals surface area contributed by atoms with E-state index < -0.39 is 0 Å². The second-order valence-corrected chi connectivity index (χ2v) is 5.25. The number of anilines is 1. The van der Waals surface area contributed by atoms with Gasteiger partial charge in [-0.1, -0.05) is 29.3 Å². The number of nitrogens with two attached hydrogens (primary N) is 1. The van der Waals surface area contributed by atoms with E-state index in [2.05, 4.69) is 10.3 Å². The van der Waals surface area contributed by atoms with Crippen LogP contribution in [0.15, 0.2) is 30.5 Å². The van der Waals surface area contributed by atoms with Crippen molar-refractivity contribution in [2.24, 2.45) is 0 Å². The number of halogens is 3. The van der Waals surface area contributed by atoms with Crippen LogP contribution in [0.3, 0.4) is 0 Å². The van der Waals surface area contributed by atoms with Crippen molar-refractivity contribution >= 4 is 29.0 Å². The van der Waals surface area contributed by atoms with Crippen molar-refractivity contribution < 1.29 is 4.39 Å². The molecule has 1 aromatic carbocycles. The number of hydrogen-bond acceptors (Lipinski definition) is 3. The Bertz CT molecular complexity index is 619. The van der Waals surface area contributed by atoms with Gasteiger partial charge in [-0.3, -0.25) is 0 Å². The molecule has 2 aromatic rings. The molecule has 1 heterocycles. The van der Waals surface area contributed by atoms with Crippen LogP contribution in [-0.4, -0.2) is 12.0 Å². The predicted molar refractivity (Wildman–Crippen MR) is 80.6 cm³/mol. The van der Waals surface area contributed by atoms with Crippen LogP contribution in [0.2, 0.25) is 10.0 Å². The standard InChI is InChI=1S/C14H14Cl2FN3/c1-19-13(11-5-9(15)7-20-14(11)18)4-8-2-3-10(17)6-12(8)16/h2-3,5-7,13,19H,4H2,1H3,(H2,18,20). The molecule has 0 saturated carbocycles. The second-order valence-electron chi connectivity index (χ2n) is 4.41. The third-order valence-corrected chi connectivity index (χ3v) is 3.64. The lowest BCUT2D eigenvalue weighted by molar-refractivity contribution is 0.589. The van der Waals surface area contributed by atoms with E-state index in [1.807, 2.05) is 7.05 Å². The monoisotopic (exact) mass is 313 g/mol. The van der Waals surface area contributed by atoms with Gasteiger partial charge in [0.25, 0.3) is 0 Å². The van der Waals surface area contributed by atoms with Gasteiger partial charge in [0.05, 0.1) is 5.02 Å². The summed E-state index contributed by atoms with van der Waals surface area (Å²) in [6.07, 6.45) is 2.06. The zero-order valence-corrected chi connectivity index (χ0v) is 12.3. The summed E-state index contributed by atoms with van der Waals surface area (Å²) in [6.45, 7) is 0. The molecule has 0 spiro atoms. The number of rotatable bonds is 4. The number of hydrogen-bond donors (Lipinski definition) is 2. The summed E-state index contributed by atoms with van der Waals surface area (Å²) in [5.41, 5.74) is 7.50. The number of nitrogen functional groups attached to an aromatic ring is 1. The fraction of sp³-hybridized carbons (Fsp3) is 0.214. The lowest BCUT2D eigenvalue weighted by Gasteiger charge is -2.19. The quantitative estimate of drug-likeness (QED) is 0.906. The number of nitrogens with one attached hydrogen (secondary N) is 1. The maximum Gasteiger partial charge on any atom is 0.128 e. The second kappa shape index (κ2) is 6.39. The Labute approximate surface area is 126 Å². The van der Waals surface area contributed by atoms with Crippen LogP contribution >= 0.6 is 23.2 Å². The average molecular weight is 314 g/mol. The van der Waals surface area contributed by atoms with Crippen LogP contribution in [0.5, 0.6) is 0 Å². The summed E-state index contributed by atoms with van der Waals surface area (Å²) in [7, 11) is 1.81. The fourth-order valence-corrected chi connectivity index (χ4v) is 2.43. The highest BCUT2D eigenvalue weighted by Gasteiger charge is 2.16. The smallest absolute Gasteiger partial charge is 0.128 e. The van der Waals surface area contributed by atoms with E-state index in [0.29, 0.717) is 22.3 Å². The normalized spacial score (nSPS) is 12.4. The molecule has 1 aromatic heterocycles. The van der Waals surface area contributed by atoms with Crippen molar-refractivity contribution in [3.05, 3.63) is 57.5 Å². The van der Waals surface area contributed by atoms with E-state index in [0.717, 1.165) is 11.1 Å². The van der Waals surface area contributed by atoms with E-state index in [1.54, 1.807) is 12.1 Å². The SMILES string of the molecule is CNC(Cc1ccc(F)cc1Cl)c1cc(Cl)cnc1N. The number of likely N-dealkylation sites (N-methyl/N-ethyl adjacent to an activating group) is 1. The number of aromatic nitrogens is 1. The minimum absolute atomic E-state index is 0.107. The Kier molecular flexibility index (Phi) is 4.81. The van der Waals surface area contributed by atoms with Crippen LogP contribution in [0.1, 0.15) is 17.2 Å². The van der Waals surface area contributed by atoms with Crippen LogP contribution in [0.25, 0.3) is 0 Å². The summed E-state index contributed by atoms with van der Waals surface area (Å²) in [5, 5.41) is 4.05. The Hall–Kier alpha value is -1.36. The molecule has 0 fully saturated rings. The van der Waals surface area contributed by atoms with E-state index in [1.165, 1.54) is 18.3 Å². The molecule has 1 unspecified atom stereocenters. The molecule has 20 heavy (non-hydrogen) atoms. The Balaban J connectivity index is 2.31. The number of pyridine rings is 1. The summed E-state index contributed by atoms with van der Waals surface area (Å²) in [6, 6.07) is 6.00. The molecule has 3 nitrogen and oxygen atoms in total. The molecule has 0 radical (unpaired) electrons. The Morgan fingerprint density at radius 3 is 2.75 bits per heavy atom. The van der Waals surface area contributed by atoms with Gasteiger partial charge >= 0.3 is 0 Å². The third kappa shape index (κ3) is 3.39. The molecule has 6 heteroatoms. The van der Waals surface area contributed by atoms with Gasteiger partial charge in [-0.05, 0) is 37.2 Å². The van der Waals surface area contributed by atoms with Crippen molar-refractivity contribution in [2.75, 3.05) is 12.8 Å². The zero-order chi connectivity index (χ0) is 14.7. The first kappa shape index (κ1) is 15.0. The van der Waals surface area contributed by atoms with Crippen molar-refractivity contribution in [3.63, 3.8) is 0 Å². The number of benzene rings is 1. The molecule has 0 aliphatic heterocycles. The van der Waals surface area contributed by atoms with Crippen molar-refractivity contribution in [1.82, 2.24) is 10.3 Å². The van der Waals surface area contributed by atoms with Crippen molar-refractivity contribution in [3.8, 4) is 0 Å². The highest BCUT2D eigenvalue weighted by atomic mass is 35.5. The third-order valence-electron chi connectivity index (χ3n) is 3.08. The van der Waals surface area contributed by atoms with Gasteiger partial charge < -0.3 is 11.1 Å². The summed E-state index contributed by atoms with van der Waals surface area (Å²) in [5.74, 6) is 0.0516. The minimum atomic E-state index is -0.358. The highest BCUT2D eigenvalue weighted by Crippen LogP contribution is 2.27. The van der Waals surface area contributed by atoms with Crippen LogP contribution in [0.4, 0.5) is 10.2 Å². The summed E-state index contributed by atoms with van der Waals surface area (Å²) >= 11 is 12.0. The summed E-state index contributed by atoms with van der Waals surface area (Å²) in [4.78, 5) is 4.04. The first-order chi connectivity index (χ1) is 9.51. The van der Waals surface area contributed by atoms with Gasteiger partial charge in [0.1, 0.15) is 11.6 Å². The molecular formula is C14H14Cl2FN3. The molecule has 106 valence electrons. The first-order valence-electron chi connectivity index (χ1n) is 6.03. The van der Waals surface area contributed by atoms with Gasteiger partial charge in [0.15, 0.2) is 0 Å². The molecule has 3 N–H and O–H groups in total. The lowest BCUT2D eigenvalue weighted by Crippen LogP contribution is -2.20. The molecule has 2 rings (SSSR count). The average Bonchev–Trinajstić information content (AvgIpc) is 2.41. The van der Waals surface area contributed by atoms with E-state index >= 15 is 0 Å². The van der Waals surface area contributed by atoms with Crippen LogP contribution in [0, 0.1) is 5.82 Å². The topological polar surface area (TPSA) is 50.9 Å². The Morgan fingerprint density at radius 1 is 1.35 bits per heavy atom. The molecule has 0 saturated heterocycles. The maximum absolute atomic E-state index is 13.1. The molecule has 0 bridgehead atoms. The molecular weight excluding hydrogens is 300 g/mol. The van der Waals surface area contributed by atoms with Crippen LogP contribution < -0.4 is 11.1 Å². The summed E-state index contributed by atoms with van der Waals surface area (Å²) < 4.78 is 13.1. The molecule has 0 amide bonds. The fourth-order valence-electron chi connectivity index (χ4n) is 2.02. The molecule has 1 atom stereocenters. The highest BCUT2D eigenvalue weighted by molar-refractivity contribution is 6.31. The predicted octanol–water partition coefficient (Wildman–Crippen LogP) is 3.61. The van der Waals surface area contributed by atoms with E-state index in [4.69, 9.17) is 28.9 Å². The van der Waals surface area contributed by atoms with Crippen molar-refractivity contribution in [2.45, 2.75) is 12.5 Å². The lowest BCUT2D eigenvalue weighted by atomic mass is 9.99. The van der Waals surface area contributed by atoms with Gasteiger partial charge in [0, 0.05) is 22.8 Å². The van der Waals surface area contributed by atoms with Gasteiger partial charge in [-0.25, -0.2) is 9.37 Å². The molecule has 0 aliphatic rings. The largest absolute Gasteiger partial charge is 0.383 e. The van der Waals surface area contributed by atoms with E-state index in [9.17, 15) is 4.39 Å². The van der Waals surface area contributed by atoms with Crippen molar-refractivity contribution in [1.29, 1.82) is 0 Å². The zero-order valence-electron chi connectivity index (χ0n) is 10.8. The van der Waals surface area contributed by atoms with Gasteiger partial charge in [0.2, 0.25) is 0 Å². The van der Waals surface area contributed by atoms with E-state index in [-0.39, 0.29) is 11.9 Å². The first-order valence-corrected chi connectivity index (χ1v) is 6.79. The Morgan fingerprint density at radius 2 is 2.10 bits per heavy atom. The van der Waals surface area contributed by atoms with Gasteiger partial charge in [-0.15, -0.1) is 0 Å². The number of nitrogens with zero attached hydrogens (tertiary/aromatic N) is 1. The van der Waals surface area contributed by atoms with Gasteiger partial charge in [-0.2, -0.15) is 0 Å². The van der Waals surface area contributed by atoms with Crippen LogP contribution in [-0.2, 0) is 6.42 Å². The maximum atomic E-state index is 13.1. The minimum Gasteiger partial charge on any atom is -0.383 e. The molecule has 0 aliphatic carbocycles.